The molecule has 2 aromatic carbocycles. The zero-order valence-corrected chi connectivity index (χ0v) is 23.7. The zero-order chi connectivity index (χ0) is 28.8. The SMILES string of the molecule is C=C[C@H](NC(=O)COc1ccc2c(c1)Nc1ccccc1S2)C(=O)N([C@@H](CC(C)C)C(N)=O)[C@H]1CCOC1OC. The van der Waals surface area contributed by atoms with Crippen molar-refractivity contribution < 1.29 is 28.6 Å². The summed E-state index contributed by atoms with van der Waals surface area (Å²) >= 11 is 1.65. The Morgan fingerprint density at radius 2 is 1.98 bits per heavy atom. The lowest BCUT2D eigenvalue weighted by atomic mass is 9.98. The summed E-state index contributed by atoms with van der Waals surface area (Å²) in [7, 11) is 1.48. The van der Waals surface area contributed by atoms with Crippen molar-refractivity contribution in [3.05, 3.63) is 55.1 Å². The molecule has 0 aromatic heterocycles. The maximum Gasteiger partial charge on any atom is 0.258 e. The van der Waals surface area contributed by atoms with E-state index in [1.165, 1.54) is 18.1 Å². The van der Waals surface area contributed by atoms with Gasteiger partial charge in [-0.25, -0.2) is 0 Å². The van der Waals surface area contributed by atoms with Gasteiger partial charge in [0.1, 0.15) is 17.8 Å². The van der Waals surface area contributed by atoms with Crippen LogP contribution in [0.3, 0.4) is 0 Å². The van der Waals surface area contributed by atoms with E-state index in [0.717, 1.165) is 21.2 Å². The summed E-state index contributed by atoms with van der Waals surface area (Å²) in [5, 5.41) is 6.05. The Labute approximate surface area is 238 Å². The van der Waals surface area contributed by atoms with Crippen molar-refractivity contribution in [3.8, 4) is 5.75 Å². The van der Waals surface area contributed by atoms with Crippen LogP contribution >= 0.6 is 11.8 Å². The number of para-hydroxylation sites is 1. The Bertz CT molecular complexity index is 1250. The van der Waals surface area contributed by atoms with Gasteiger partial charge >= 0.3 is 0 Å². The van der Waals surface area contributed by atoms with Crippen LogP contribution in [-0.4, -0.2) is 67.4 Å². The van der Waals surface area contributed by atoms with E-state index in [2.05, 4.69) is 17.2 Å². The van der Waals surface area contributed by atoms with Crippen molar-refractivity contribution in [2.75, 3.05) is 25.6 Å². The van der Waals surface area contributed by atoms with Gasteiger partial charge in [0.25, 0.3) is 5.91 Å². The van der Waals surface area contributed by atoms with Gasteiger partial charge in [-0.1, -0.05) is 43.8 Å². The number of benzene rings is 2. The first-order valence-corrected chi connectivity index (χ1v) is 14.0. The molecule has 4 rings (SSSR count). The molecule has 2 heterocycles. The Morgan fingerprint density at radius 3 is 2.67 bits per heavy atom. The number of hydrogen-bond donors (Lipinski definition) is 3. The topological polar surface area (TPSA) is 132 Å². The van der Waals surface area contributed by atoms with Crippen LogP contribution in [0.2, 0.25) is 0 Å². The highest BCUT2D eigenvalue weighted by Gasteiger charge is 2.43. The highest BCUT2D eigenvalue weighted by Crippen LogP contribution is 2.45. The molecule has 2 aromatic rings. The van der Waals surface area contributed by atoms with Crippen LogP contribution in [0.5, 0.6) is 5.75 Å². The highest BCUT2D eigenvalue weighted by molar-refractivity contribution is 7.99. The minimum atomic E-state index is -1.11. The Kier molecular flexibility index (Phi) is 9.72. The lowest BCUT2D eigenvalue weighted by molar-refractivity contribution is -0.158. The van der Waals surface area contributed by atoms with Gasteiger partial charge in [0.05, 0.1) is 24.0 Å². The van der Waals surface area contributed by atoms with Crippen molar-refractivity contribution in [1.29, 1.82) is 0 Å². The Balaban J connectivity index is 1.43. The number of anilines is 2. The van der Waals surface area contributed by atoms with Crippen LogP contribution in [-0.2, 0) is 23.9 Å². The number of nitrogens with two attached hydrogens (primary N) is 1. The maximum atomic E-state index is 13.8. The van der Waals surface area contributed by atoms with Crippen LogP contribution in [0.15, 0.2) is 64.9 Å². The predicted octanol–water partition coefficient (Wildman–Crippen LogP) is 3.43. The van der Waals surface area contributed by atoms with Gasteiger partial charge in [0.15, 0.2) is 12.9 Å². The largest absolute Gasteiger partial charge is 0.484 e. The number of primary amides is 1. The van der Waals surface area contributed by atoms with Gasteiger partial charge in [0, 0.05) is 23.0 Å². The van der Waals surface area contributed by atoms with E-state index in [4.69, 9.17) is 19.9 Å². The summed E-state index contributed by atoms with van der Waals surface area (Å²) in [4.78, 5) is 42.7. The number of fused-ring (bicyclic) bond motifs is 2. The molecule has 1 unspecified atom stereocenters. The fourth-order valence-electron chi connectivity index (χ4n) is 4.86. The lowest BCUT2D eigenvalue weighted by Crippen LogP contribution is -2.60. The summed E-state index contributed by atoms with van der Waals surface area (Å²) in [5.41, 5.74) is 7.64. The van der Waals surface area contributed by atoms with Crippen molar-refractivity contribution in [1.82, 2.24) is 10.2 Å². The second kappa shape index (κ2) is 13.2. The standard InChI is InChI=1S/C29H36N4O6S/c1-5-19(28(36)33(22-12-13-38-29(22)37-4)23(27(30)35)14-17(2)3)32-26(34)16-39-18-10-11-25-21(15-18)31-20-8-6-7-9-24(20)40-25/h5-11,15,17,19,22-23,29,31H,1,12-14,16H2,2-4H3,(H2,30,35)(H,32,34)/t19-,22-,23-,29?/m0/s1. The van der Waals surface area contributed by atoms with E-state index < -0.39 is 42.1 Å². The zero-order valence-electron chi connectivity index (χ0n) is 22.9. The number of carbonyl (C=O) groups excluding carboxylic acids is 3. The van der Waals surface area contributed by atoms with Crippen LogP contribution in [0.4, 0.5) is 11.4 Å². The van der Waals surface area contributed by atoms with Crippen molar-refractivity contribution in [3.63, 3.8) is 0 Å². The summed E-state index contributed by atoms with van der Waals surface area (Å²) in [6.45, 7) is 7.66. The second-order valence-corrected chi connectivity index (χ2v) is 11.2. The molecule has 4 atom stereocenters. The molecule has 0 radical (unpaired) electrons. The summed E-state index contributed by atoms with van der Waals surface area (Å²) in [6.07, 6.45) is 1.42. The van der Waals surface area contributed by atoms with Crippen LogP contribution in [0.25, 0.3) is 0 Å². The molecule has 0 bridgehead atoms. The molecule has 40 heavy (non-hydrogen) atoms. The van der Waals surface area contributed by atoms with Gasteiger partial charge in [-0.15, -0.1) is 6.58 Å². The third-order valence-corrected chi connectivity index (χ3v) is 7.88. The number of rotatable bonds is 12. The molecule has 3 amide bonds. The molecule has 10 nitrogen and oxygen atoms in total. The van der Waals surface area contributed by atoms with E-state index in [1.807, 2.05) is 50.2 Å². The van der Waals surface area contributed by atoms with E-state index in [9.17, 15) is 14.4 Å². The van der Waals surface area contributed by atoms with Crippen LogP contribution in [0.1, 0.15) is 26.7 Å². The van der Waals surface area contributed by atoms with E-state index >= 15 is 0 Å². The van der Waals surface area contributed by atoms with Gasteiger partial charge in [0.2, 0.25) is 11.8 Å². The molecule has 1 saturated heterocycles. The van der Waals surface area contributed by atoms with Crippen molar-refractivity contribution in [2.24, 2.45) is 11.7 Å². The summed E-state index contributed by atoms with van der Waals surface area (Å²) in [6, 6.07) is 11.0. The molecular formula is C29H36N4O6S. The first kappa shape index (κ1) is 29.4. The Morgan fingerprint density at radius 1 is 1.23 bits per heavy atom. The number of nitrogens with one attached hydrogen (secondary N) is 2. The molecule has 214 valence electrons. The van der Waals surface area contributed by atoms with Crippen LogP contribution in [0, 0.1) is 5.92 Å². The number of methoxy groups -OCH3 is 1. The molecule has 2 aliphatic rings. The first-order chi connectivity index (χ1) is 19.2. The molecule has 1 fully saturated rings. The highest BCUT2D eigenvalue weighted by atomic mass is 32.2. The van der Waals surface area contributed by atoms with Gasteiger partial charge in [-0.05, 0) is 43.0 Å². The van der Waals surface area contributed by atoms with E-state index in [0.29, 0.717) is 25.2 Å². The number of carbonyl (C=O) groups is 3. The fraction of sp³-hybridized carbons (Fsp3) is 0.414. The van der Waals surface area contributed by atoms with E-state index in [1.54, 1.807) is 17.8 Å². The lowest BCUT2D eigenvalue weighted by Gasteiger charge is -2.38. The minimum absolute atomic E-state index is 0.0827. The average Bonchev–Trinajstić information content (AvgIpc) is 3.41. The van der Waals surface area contributed by atoms with Crippen molar-refractivity contribution in [2.45, 2.75) is 60.9 Å². The Hall–Kier alpha value is -3.54. The van der Waals surface area contributed by atoms with E-state index in [-0.39, 0.29) is 12.5 Å². The number of nitrogens with zero attached hydrogens (tertiary/aromatic N) is 1. The molecule has 0 saturated carbocycles. The quantitative estimate of drug-likeness (QED) is 0.283. The predicted molar refractivity (Wildman–Crippen MR) is 152 cm³/mol. The third kappa shape index (κ3) is 6.78. The summed E-state index contributed by atoms with van der Waals surface area (Å²) in [5.74, 6) is -1.09. The van der Waals surface area contributed by atoms with Crippen molar-refractivity contribution >= 4 is 40.9 Å². The molecule has 11 heteroatoms. The second-order valence-electron chi connectivity index (χ2n) is 10.1. The normalized spacial score (nSPS) is 19.0. The molecule has 4 N–H and O–H groups in total. The third-order valence-electron chi connectivity index (χ3n) is 6.73. The van der Waals surface area contributed by atoms with Gasteiger partial charge in [-0.3, -0.25) is 14.4 Å². The average molecular weight is 569 g/mol. The summed E-state index contributed by atoms with van der Waals surface area (Å²) < 4.78 is 16.8. The molecule has 2 aliphatic heterocycles. The smallest absolute Gasteiger partial charge is 0.258 e. The first-order valence-electron chi connectivity index (χ1n) is 13.2. The van der Waals surface area contributed by atoms with Gasteiger partial charge in [-0.2, -0.15) is 0 Å². The fourth-order valence-corrected chi connectivity index (χ4v) is 5.83. The number of ether oxygens (including phenoxy) is 3. The monoisotopic (exact) mass is 568 g/mol. The minimum Gasteiger partial charge on any atom is -0.484 e. The maximum absolute atomic E-state index is 13.8. The number of amides is 3. The number of hydrogen-bond acceptors (Lipinski definition) is 8. The molecular weight excluding hydrogens is 532 g/mol. The molecule has 0 spiro atoms. The van der Waals surface area contributed by atoms with Crippen LogP contribution < -0.4 is 21.1 Å². The molecule has 0 aliphatic carbocycles. The van der Waals surface area contributed by atoms with Gasteiger partial charge < -0.3 is 35.5 Å².